The van der Waals surface area contributed by atoms with Crippen LogP contribution in [-0.2, 0) is 4.79 Å². The minimum atomic E-state index is 0.223. The molecule has 0 fully saturated rings. The summed E-state index contributed by atoms with van der Waals surface area (Å²) in [5, 5.41) is 0.769. The van der Waals surface area contributed by atoms with Gasteiger partial charge in [-0.15, -0.1) is 0 Å². The molecule has 0 bridgehead atoms. The van der Waals surface area contributed by atoms with Crippen molar-refractivity contribution < 1.29 is 9.53 Å². The standard InChI is InChI=1S/C16H23ClO2/c1-6-19-16-11(3)9-14(17)13(5)15(16)10(2)7-8-12(4)18/h9-10H,6-8H2,1-5H3. The predicted molar refractivity (Wildman–Crippen MR) is 80.4 cm³/mol. The molecule has 0 amide bonds. The van der Waals surface area contributed by atoms with Gasteiger partial charge in [0.1, 0.15) is 11.5 Å². The topological polar surface area (TPSA) is 26.3 Å². The molecular formula is C16H23ClO2. The van der Waals surface area contributed by atoms with Crippen LogP contribution in [-0.4, -0.2) is 12.4 Å². The Kier molecular flexibility index (Phi) is 5.86. The van der Waals surface area contributed by atoms with Gasteiger partial charge in [0.05, 0.1) is 6.61 Å². The Morgan fingerprint density at radius 2 is 2.05 bits per heavy atom. The average Bonchev–Trinajstić information content (AvgIpc) is 2.33. The van der Waals surface area contributed by atoms with Crippen LogP contribution >= 0.6 is 11.6 Å². The lowest BCUT2D eigenvalue weighted by molar-refractivity contribution is -0.117. The summed E-state index contributed by atoms with van der Waals surface area (Å²) in [4.78, 5) is 11.2. The Morgan fingerprint density at radius 3 is 2.58 bits per heavy atom. The third-order valence-corrected chi connectivity index (χ3v) is 3.81. The molecule has 0 heterocycles. The molecule has 1 aromatic carbocycles. The van der Waals surface area contributed by atoms with E-state index >= 15 is 0 Å². The van der Waals surface area contributed by atoms with Crippen molar-refractivity contribution in [2.24, 2.45) is 0 Å². The molecule has 0 aliphatic heterocycles. The highest BCUT2D eigenvalue weighted by molar-refractivity contribution is 6.31. The number of carbonyl (C=O) groups is 1. The molecule has 1 aromatic rings. The molecular weight excluding hydrogens is 260 g/mol. The van der Waals surface area contributed by atoms with Crippen LogP contribution in [0.2, 0.25) is 5.02 Å². The van der Waals surface area contributed by atoms with Crippen molar-refractivity contribution in [2.45, 2.75) is 53.4 Å². The summed E-state index contributed by atoms with van der Waals surface area (Å²) in [7, 11) is 0. The molecule has 2 nitrogen and oxygen atoms in total. The van der Waals surface area contributed by atoms with E-state index in [0.717, 1.165) is 33.9 Å². The summed E-state index contributed by atoms with van der Waals surface area (Å²) in [6, 6.07) is 1.95. The first-order valence-corrected chi connectivity index (χ1v) is 7.18. The SMILES string of the molecule is CCOc1c(C)cc(Cl)c(C)c1C(C)CCC(C)=O. The lowest BCUT2D eigenvalue weighted by atomic mass is 9.89. The van der Waals surface area contributed by atoms with E-state index in [9.17, 15) is 4.79 Å². The minimum absolute atomic E-state index is 0.223. The second kappa shape index (κ2) is 6.95. The predicted octanol–water partition coefficient (Wildman–Crippen LogP) is 4.83. The molecule has 0 saturated carbocycles. The fourth-order valence-electron chi connectivity index (χ4n) is 2.37. The number of carbonyl (C=O) groups excluding carboxylic acids is 1. The zero-order valence-corrected chi connectivity index (χ0v) is 13.2. The lowest BCUT2D eigenvalue weighted by Crippen LogP contribution is -2.06. The number of Topliss-reactive ketones (excluding diaryl/α,β-unsaturated/α-hetero) is 1. The van der Waals surface area contributed by atoms with Crippen LogP contribution in [0, 0.1) is 13.8 Å². The second-order valence-electron chi connectivity index (χ2n) is 5.12. The summed E-state index contributed by atoms with van der Waals surface area (Å²) in [6.45, 7) is 10.4. The van der Waals surface area contributed by atoms with Gasteiger partial charge in [-0.2, -0.15) is 0 Å². The Balaban J connectivity index is 3.18. The van der Waals surface area contributed by atoms with E-state index < -0.39 is 0 Å². The number of hydrogen-bond donors (Lipinski definition) is 0. The molecule has 0 N–H and O–H groups in total. The van der Waals surface area contributed by atoms with Gasteiger partial charge < -0.3 is 9.53 Å². The molecule has 0 radical (unpaired) electrons. The maximum Gasteiger partial charge on any atom is 0.129 e. The number of ether oxygens (including phenoxy) is 1. The van der Waals surface area contributed by atoms with E-state index in [1.54, 1.807) is 6.92 Å². The van der Waals surface area contributed by atoms with Crippen molar-refractivity contribution in [3.63, 3.8) is 0 Å². The minimum Gasteiger partial charge on any atom is -0.493 e. The molecule has 0 aliphatic rings. The van der Waals surface area contributed by atoms with Gasteiger partial charge in [0.15, 0.2) is 0 Å². The zero-order chi connectivity index (χ0) is 14.6. The normalized spacial score (nSPS) is 12.3. The fraction of sp³-hybridized carbons (Fsp3) is 0.562. The summed E-state index contributed by atoms with van der Waals surface area (Å²) >= 11 is 6.28. The number of halogens is 1. The highest BCUT2D eigenvalue weighted by Gasteiger charge is 2.19. The summed E-state index contributed by atoms with van der Waals surface area (Å²) < 4.78 is 5.79. The molecule has 1 unspecified atom stereocenters. The number of aryl methyl sites for hydroxylation is 1. The van der Waals surface area contributed by atoms with Crippen molar-refractivity contribution >= 4 is 17.4 Å². The Bertz CT molecular complexity index is 466. The number of rotatable bonds is 6. The maximum atomic E-state index is 11.2. The first-order valence-electron chi connectivity index (χ1n) is 6.80. The number of ketones is 1. The first kappa shape index (κ1) is 16.0. The van der Waals surface area contributed by atoms with Gasteiger partial charge in [-0.05, 0) is 57.2 Å². The second-order valence-corrected chi connectivity index (χ2v) is 5.53. The van der Waals surface area contributed by atoms with Crippen LogP contribution in [0.3, 0.4) is 0 Å². The summed E-state index contributed by atoms with van der Waals surface area (Å²) in [5.74, 6) is 1.42. The first-order chi connectivity index (χ1) is 8.88. The van der Waals surface area contributed by atoms with Crippen molar-refractivity contribution in [1.82, 2.24) is 0 Å². The van der Waals surface area contributed by atoms with Crippen molar-refractivity contribution in [1.29, 1.82) is 0 Å². The van der Waals surface area contributed by atoms with Gasteiger partial charge in [0.25, 0.3) is 0 Å². The van der Waals surface area contributed by atoms with E-state index in [1.807, 2.05) is 26.8 Å². The van der Waals surface area contributed by atoms with Crippen LogP contribution in [0.4, 0.5) is 0 Å². The maximum absolute atomic E-state index is 11.2. The fourth-order valence-corrected chi connectivity index (χ4v) is 2.63. The Hall–Kier alpha value is -1.02. The quantitative estimate of drug-likeness (QED) is 0.747. The van der Waals surface area contributed by atoms with Gasteiger partial charge in [0.2, 0.25) is 0 Å². The van der Waals surface area contributed by atoms with Crippen molar-refractivity contribution in [2.75, 3.05) is 6.61 Å². The van der Waals surface area contributed by atoms with Crippen molar-refractivity contribution in [3.8, 4) is 5.75 Å². The van der Waals surface area contributed by atoms with Crippen LogP contribution in [0.25, 0.3) is 0 Å². The van der Waals surface area contributed by atoms with Gasteiger partial charge in [0, 0.05) is 17.0 Å². The Morgan fingerprint density at radius 1 is 1.42 bits per heavy atom. The van der Waals surface area contributed by atoms with Gasteiger partial charge in [-0.25, -0.2) is 0 Å². The summed E-state index contributed by atoms with van der Waals surface area (Å²) in [5.41, 5.74) is 3.27. The third-order valence-electron chi connectivity index (χ3n) is 3.42. The van der Waals surface area contributed by atoms with E-state index in [1.165, 1.54) is 0 Å². The third kappa shape index (κ3) is 3.97. The highest BCUT2D eigenvalue weighted by Crippen LogP contribution is 2.38. The highest BCUT2D eigenvalue weighted by atomic mass is 35.5. The number of benzene rings is 1. The lowest BCUT2D eigenvalue weighted by Gasteiger charge is -2.21. The van der Waals surface area contributed by atoms with Crippen LogP contribution in [0.1, 0.15) is 56.2 Å². The Labute approximate surface area is 121 Å². The van der Waals surface area contributed by atoms with Crippen LogP contribution in [0.5, 0.6) is 5.75 Å². The largest absolute Gasteiger partial charge is 0.493 e. The molecule has 106 valence electrons. The van der Waals surface area contributed by atoms with Crippen molar-refractivity contribution in [3.05, 3.63) is 27.8 Å². The molecule has 0 aromatic heterocycles. The van der Waals surface area contributed by atoms with E-state index in [-0.39, 0.29) is 11.7 Å². The van der Waals surface area contributed by atoms with E-state index in [0.29, 0.717) is 13.0 Å². The average molecular weight is 283 g/mol. The van der Waals surface area contributed by atoms with Gasteiger partial charge in [-0.1, -0.05) is 18.5 Å². The molecule has 0 spiro atoms. The summed E-state index contributed by atoms with van der Waals surface area (Å²) in [6.07, 6.45) is 1.42. The van der Waals surface area contributed by atoms with E-state index in [2.05, 4.69) is 6.92 Å². The van der Waals surface area contributed by atoms with Gasteiger partial charge >= 0.3 is 0 Å². The molecule has 3 heteroatoms. The smallest absolute Gasteiger partial charge is 0.129 e. The zero-order valence-electron chi connectivity index (χ0n) is 12.5. The van der Waals surface area contributed by atoms with Crippen LogP contribution < -0.4 is 4.74 Å². The van der Waals surface area contributed by atoms with E-state index in [4.69, 9.17) is 16.3 Å². The molecule has 1 rings (SSSR count). The van der Waals surface area contributed by atoms with Gasteiger partial charge in [-0.3, -0.25) is 0 Å². The molecule has 19 heavy (non-hydrogen) atoms. The molecule has 0 aliphatic carbocycles. The molecule has 1 atom stereocenters. The number of hydrogen-bond acceptors (Lipinski definition) is 2. The monoisotopic (exact) mass is 282 g/mol. The molecule has 0 saturated heterocycles. The van der Waals surface area contributed by atoms with Crippen LogP contribution in [0.15, 0.2) is 6.07 Å².